The van der Waals surface area contributed by atoms with Crippen LogP contribution in [-0.2, 0) is 29.1 Å². The van der Waals surface area contributed by atoms with Gasteiger partial charge in [0.05, 0.1) is 23.4 Å². The summed E-state index contributed by atoms with van der Waals surface area (Å²) in [6, 6.07) is 16.3. The smallest absolute Gasteiger partial charge is 0.408 e. The second-order valence-corrected chi connectivity index (χ2v) is 19.9. The average Bonchev–Trinajstić information content (AvgIpc) is 4.09. The first kappa shape index (κ1) is 40.4. The second-order valence-electron chi connectivity index (χ2n) is 17.9. The minimum atomic E-state index is -3.87. The molecule has 1 aromatic heterocycles. The van der Waals surface area contributed by atoms with Crippen molar-refractivity contribution in [3.63, 3.8) is 0 Å². The third-order valence-electron chi connectivity index (χ3n) is 11.9. The SMILES string of the molecule is CCC1CC1(NC(=O)C1CC2CN1CC(C=O)(C(C)(C)C)NC(=O)OCC(C)(C)COc1cccc(c1)-c1cc3ccccc3nc1O2)C(=O)NS(=O)(=O)C1CC1. The van der Waals surface area contributed by atoms with Crippen molar-refractivity contribution in [2.24, 2.45) is 16.7 Å². The Bertz CT molecular complexity index is 2180. The van der Waals surface area contributed by atoms with Gasteiger partial charge >= 0.3 is 6.09 Å². The Balaban J connectivity index is 1.28. The van der Waals surface area contributed by atoms with Crippen LogP contribution in [0, 0.1) is 16.7 Å². The number of cyclic esters (lactones) is 1. The zero-order chi connectivity index (χ0) is 41.0. The number of nitrogens with one attached hydrogen (secondary N) is 3. The maximum Gasteiger partial charge on any atom is 0.408 e. The lowest BCUT2D eigenvalue weighted by Gasteiger charge is -2.44. The zero-order valence-corrected chi connectivity index (χ0v) is 34.2. The number of nitrogens with zero attached hydrogens (tertiary/aromatic N) is 2. The Hall–Kier alpha value is -4.76. The summed E-state index contributed by atoms with van der Waals surface area (Å²) in [5, 5.41) is 6.10. The number of hydrogen-bond acceptors (Lipinski definition) is 11. The van der Waals surface area contributed by atoms with Crippen LogP contribution in [0.25, 0.3) is 22.0 Å². The molecule has 4 aliphatic rings. The molecule has 3 heterocycles. The van der Waals surface area contributed by atoms with Gasteiger partial charge in [-0.2, -0.15) is 0 Å². The maximum absolute atomic E-state index is 14.6. The monoisotopic (exact) mass is 803 g/mol. The average molecular weight is 804 g/mol. The molecule has 3 aromatic rings. The number of ether oxygens (including phenoxy) is 3. The lowest BCUT2D eigenvalue weighted by atomic mass is 9.74. The lowest BCUT2D eigenvalue weighted by Crippen LogP contribution is -2.66. The molecule has 6 unspecified atom stereocenters. The predicted octanol–water partition coefficient (Wildman–Crippen LogP) is 4.75. The van der Waals surface area contributed by atoms with E-state index in [9.17, 15) is 27.6 Å². The molecule has 2 aromatic carbocycles. The van der Waals surface area contributed by atoms with Crippen LogP contribution < -0.4 is 24.8 Å². The van der Waals surface area contributed by atoms with Crippen LogP contribution in [-0.4, -0.2) is 97.3 Å². The van der Waals surface area contributed by atoms with E-state index < -0.39 is 67.2 Å². The van der Waals surface area contributed by atoms with Gasteiger partial charge in [-0.1, -0.05) is 78.3 Å². The van der Waals surface area contributed by atoms with E-state index >= 15 is 0 Å². The van der Waals surface area contributed by atoms with Gasteiger partial charge in [0.15, 0.2) is 0 Å². The summed E-state index contributed by atoms with van der Waals surface area (Å²) >= 11 is 0. The quantitative estimate of drug-likeness (QED) is 0.281. The number of pyridine rings is 1. The maximum atomic E-state index is 14.6. The van der Waals surface area contributed by atoms with Gasteiger partial charge in [-0.25, -0.2) is 18.2 Å². The van der Waals surface area contributed by atoms with Crippen molar-refractivity contribution in [2.45, 2.75) is 102 Å². The van der Waals surface area contributed by atoms with Crippen LogP contribution in [0.2, 0.25) is 0 Å². The van der Waals surface area contributed by atoms with Gasteiger partial charge in [0.1, 0.15) is 35.8 Å². The second kappa shape index (κ2) is 14.9. The predicted molar refractivity (Wildman–Crippen MR) is 213 cm³/mol. The van der Waals surface area contributed by atoms with Gasteiger partial charge in [-0.3, -0.25) is 19.2 Å². The molecule has 15 heteroatoms. The van der Waals surface area contributed by atoms with Crippen molar-refractivity contribution >= 4 is 45.1 Å². The molecule has 306 valence electrons. The summed E-state index contributed by atoms with van der Waals surface area (Å²) < 4.78 is 46.6. The van der Waals surface area contributed by atoms with E-state index in [1.807, 2.05) is 96.1 Å². The number of aromatic nitrogens is 1. The van der Waals surface area contributed by atoms with Crippen LogP contribution in [0.3, 0.4) is 0 Å². The van der Waals surface area contributed by atoms with Gasteiger partial charge in [0.2, 0.25) is 21.8 Å². The van der Waals surface area contributed by atoms with Crippen molar-refractivity contribution < 1.29 is 41.8 Å². The Labute approximate surface area is 333 Å². The van der Waals surface area contributed by atoms with Crippen LogP contribution in [0.15, 0.2) is 54.6 Å². The summed E-state index contributed by atoms with van der Waals surface area (Å²) in [5.74, 6) is -0.600. The standard InChI is InChI=1S/C42H53N5O9S/c1-7-28-20-42(28,37(50)46-57(52,53)31-15-16-31)44-35(49)34-19-30-21-47(34)22-41(23-48,39(2,3)4)45-38(51)55-25-40(5,6)24-54-29-13-10-12-26(17-29)32-18-27-11-8-9-14-33(27)43-36(32)56-30/h8-14,17-18,23,28,30-31,34H,7,15-16,19-22,24-25H2,1-6H3,(H,44,49)(H,45,51)(H,46,50). The Morgan fingerprint density at radius 3 is 2.47 bits per heavy atom. The molecule has 0 spiro atoms. The molecule has 4 bridgehead atoms. The fourth-order valence-electron chi connectivity index (χ4n) is 7.82. The summed E-state index contributed by atoms with van der Waals surface area (Å²) in [7, 11) is -3.87. The van der Waals surface area contributed by atoms with Crippen molar-refractivity contribution in [1.82, 2.24) is 25.2 Å². The van der Waals surface area contributed by atoms with Gasteiger partial charge in [-0.15, -0.1) is 0 Å². The highest BCUT2D eigenvalue weighted by Gasteiger charge is 2.62. The molecular formula is C42H53N5O9S. The number of aldehydes is 1. The fraction of sp³-hybridized carbons (Fsp3) is 0.548. The first-order valence-corrected chi connectivity index (χ1v) is 21.3. The summed E-state index contributed by atoms with van der Waals surface area (Å²) in [4.78, 5) is 61.8. The van der Waals surface area contributed by atoms with Crippen LogP contribution in [0.1, 0.15) is 73.6 Å². The normalized spacial score (nSPS) is 28.8. The zero-order valence-electron chi connectivity index (χ0n) is 33.4. The number of carbonyl (C=O) groups excluding carboxylic acids is 4. The topological polar surface area (TPSA) is 182 Å². The summed E-state index contributed by atoms with van der Waals surface area (Å²) in [6.45, 7) is 11.4. The van der Waals surface area contributed by atoms with Crippen LogP contribution in [0.4, 0.5) is 4.79 Å². The summed E-state index contributed by atoms with van der Waals surface area (Å²) in [5.41, 5.74) is -2.24. The largest absolute Gasteiger partial charge is 0.493 e. The fourth-order valence-corrected chi connectivity index (χ4v) is 9.19. The summed E-state index contributed by atoms with van der Waals surface area (Å²) in [6.07, 6.45) is 1.17. The van der Waals surface area contributed by atoms with E-state index in [1.165, 1.54) is 0 Å². The molecule has 6 atom stereocenters. The van der Waals surface area contributed by atoms with Crippen molar-refractivity contribution in [3.8, 4) is 22.8 Å². The number of benzene rings is 2. The lowest BCUT2D eigenvalue weighted by molar-refractivity contribution is -0.133. The number of alkyl carbamates (subject to hydrolysis) is 1. The number of rotatable bonds is 7. The molecule has 0 radical (unpaired) electrons. The number of fused-ring (bicyclic) bond motifs is 7. The van der Waals surface area contributed by atoms with E-state index in [-0.39, 0.29) is 45.1 Å². The molecule has 2 aliphatic heterocycles. The molecular weight excluding hydrogens is 751 g/mol. The number of amides is 3. The van der Waals surface area contributed by atoms with Gasteiger partial charge in [-0.05, 0) is 60.4 Å². The van der Waals surface area contributed by atoms with E-state index in [2.05, 4.69) is 15.4 Å². The van der Waals surface area contributed by atoms with Gasteiger partial charge in [0, 0.05) is 35.9 Å². The van der Waals surface area contributed by atoms with Crippen LogP contribution in [0.5, 0.6) is 11.6 Å². The molecule has 2 saturated carbocycles. The Morgan fingerprint density at radius 2 is 1.79 bits per heavy atom. The molecule has 3 fully saturated rings. The van der Waals surface area contributed by atoms with E-state index in [1.54, 1.807) is 4.90 Å². The third kappa shape index (κ3) is 8.31. The highest BCUT2D eigenvalue weighted by molar-refractivity contribution is 7.91. The number of sulfonamides is 1. The van der Waals surface area contributed by atoms with E-state index in [0.717, 1.165) is 10.9 Å². The molecule has 57 heavy (non-hydrogen) atoms. The van der Waals surface area contributed by atoms with Gasteiger partial charge in [0.25, 0.3) is 5.91 Å². The van der Waals surface area contributed by atoms with E-state index in [0.29, 0.717) is 48.3 Å². The van der Waals surface area contributed by atoms with Crippen LogP contribution >= 0.6 is 0 Å². The minimum Gasteiger partial charge on any atom is -0.493 e. The molecule has 1 saturated heterocycles. The highest BCUT2D eigenvalue weighted by atomic mass is 32.2. The molecule has 3 amide bonds. The third-order valence-corrected chi connectivity index (χ3v) is 13.7. The highest BCUT2D eigenvalue weighted by Crippen LogP contribution is 2.47. The van der Waals surface area contributed by atoms with Crippen molar-refractivity contribution in [3.05, 3.63) is 54.6 Å². The number of para-hydroxylation sites is 1. The molecule has 3 N–H and O–H groups in total. The molecule has 2 aliphatic carbocycles. The Morgan fingerprint density at radius 1 is 1.05 bits per heavy atom. The number of hydrogen-bond donors (Lipinski definition) is 3. The molecule has 7 rings (SSSR count). The van der Waals surface area contributed by atoms with Gasteiger partial charge < -0.3 is 29.6 Å². The van der Waals surface area contributed by atoms with Crippen molar-refractivity contribution in [2.75, 3.05) is 26.3 Å². The molecule has 14 nitrogen and oxygen atoms in total. The number of carbonyl (C=O) groups is 4. The Kier molecular flexibility index (Phi) is 10.6. The first-order valence-electron chi connectivity index (χ1n) is 19.7. The first-order chi connectivity index (χ1) is 26.9. The van der Waals surface area contributed by atoms with Crippen molar-refractivity contribution in [1.29, 1.82) is 0 Å². The minimum absolute atomic E-state index is 0.0137. The van der Waals surface area contributed by atoms with E-state index in [4.69, 9.17) is 19.2 Å².